The topological polar surface area (TPSA) is 70.6 Å². The van der Waals surface area contributed by atoms with Gasteiger partial charge >= 0.3 is 0 Å². The van der Waals surface area contributed by atoms with Gasteiger partial charge in [-0.3, -0.25) is 0 Å². The summed E-state index contributed by atoms with van der Waals surface area (Å²) in [5, 5.41) is 6.87. The van der Waals surface area contributed by atoms with E-state index in [0.717, 1.165) is 36.1 Å². The monoisotopic (exact) mass is 393 g/mol. The van der Waals surface area contributed by atoms with E-state index >= 15 is 0 Å². The molecular weight excluding hydrogens is 358 g/mol. The molecule has 0 unspecified atom stereocenters. The molecule has 1 aromatic carbocycles. The second-order valence-corrected chi connectivity index (χ2v) is 10.5. The molecule has 1 fully saturated rings. The van der Waals surface area contributed by atoms with Crippen molar-refractivity contribution in [1.82, 2.24) is 10.6 Å². The minimum absolute atomic E-state index is 0.0820. The lowest BCUT2D eigenvalue weighted by Crippen LogP contribution is -2.47. The molecule has 0 bridgehead atoms. The van der Waals surface area contributed by atoms with E-state index < -0.39 is 9.84 Å². The molecule has 6 heteroatoms. The average molecular weight is 394 g/mol. The van der Waals surface area contributed by atoms with Crippen molar-refractivity contribution in [2.75, 3.05) is 19.3 Å². The number of aliphatic imine (C=N–C) groups is 1. The summed E-state index contributed by atoms with van der Waals surface area (Å²) in [6.45, 7) is 9.05. The quantitative estimate of drug-likeness (QED) is 0.498. The van der Waals surface area contributed by atoms with Gasteiger partial charge in [-0.15, -0.1) is 0 Å². The van der Waals surface area contributed by atoms with Crippen LogP contribution in [0.25, 0.3) is 0 Å². The third kappa shape index (κ3) is 7.53. The van der Waals surface area contributed by atoms with Crippen molar-refractivity contribution in [3.63, 3.8) is 0 Å². The predicted molar refractivity (Wildman–Crippen MR) is 114 cm³/mol. The molecule has 2 rings (SSSR count). The van der Waals surface area contributed by atoms with E-state index in [4.69, 9.17) is 4.99 Å². The van der Waals surface area contributed by atoms with Crippen molar-refractivity contribution in [3.8, 4) is 0 Å². The molecule has 0 amide bonds. The molecule has 0 saturated heterocycles. The van der Waals surface area contributed by atoms with Crippen LogP contribution in [0.15, 0.2) is 29.3 Å². The Kier molecular flexibility index (Phi) is 7.71. The first-order valence-electron chi connectivity index (χ1n) is 9.99. The maximum absolute atomic E-state index is 11.4. The van der Waals surface area contributed by atoms with Crippen molar-refractivity contribution in [3.05, 3.63) is 35.4 Å². The van der Waals surface area contributed by atoms with Crippen molar-refractivity contribution in [2.24, 2.45) is 16.3 Å². The molecule has 0 heterocycles. The Morgan fingerprint density at radius 3 is 2.26 bits per heavy atom. The third-order valence-electron chi connectivity index (χ3n) is 5.10. The number of sulfone groups is 1. The van der Waals surface area contributed by atoms with Crippen LogP contribution in [0.1, 0.15) is 57.6 Å². The second kappa shape index (κ2) is 9.58. The zero-order valence-electron chi connectivity index (χ0n) is 17.2. The Morgan fingerprint density at radius 2 is 1.78 bits per heavy atom. The molecule has 5 nitrogen and oxygen atoms in total. The summed E-state index contributed by atoms with van der Waals surface area (Å²) in [4.78, 5) is 4.70. The van der Waals surface area contributed by atoms with E-state index in [1.165, 1.54) is 31.9 Å². The normalized spacial score (nSPS) is 16.9. The fourth-order valence-corrected chi connectivity index (χ4v) is 4.62. The molecule has 1 aromatic rings. The van der Waals surface area contributed by atoms with E-state index in [-0.39, 0.29) is 5.75 Å². The van der Waals surface area contributed by atoms with Crippen LogP contribution in [0, 0.1) is 11.3 Å². The first kappa shape index (κ1) is 21.7. The van der Waals surface area contributed by atoms with Gasteiger partial charge in [-0.25, -0.2) is 13.4 Å². The van der Waals surface area contributed by atoms with E-state index in [1.807, 2.05) is 24.3 Å². The zero-order chi connectivity index (χ0) is 19.9. The lowest BCUT2D eigenvalue weighted by Gasteiger charge is -2.43. The molecule has 0 aromatic heterocycles. The predicted octanol–water partition coefficient (Wildman–Crippen LogP) is 3.50. The SMILES string of the molecule is CCNC(=NCc1ccc(CS(C)(=O)=O)cc1)NCC1(CC(C)C)CCC1. The van der Waals surface area contributed by atoms with E-state index in [9.17, 15) is 8.42 Å². The standard InChI is InChI=1S/C21H35N3O2S/c1-5-22-20(24-16-21(11-6-12-21)13-17(2)3)23-14-18-7-9-19(10-8-18)15-27(4,25)26/h7-10,17H,5-6,11-16H2,1-4H3,(H2,22,23,24). The summed E-state index contributed by atoms with van der Waals surface area (Å²) in [6.07, 6.45) is 6.47. The summed E-state index contributed by atoms with van der Waals surface area (Å²) >= 11 is 0. The highest BCUT2D eigenvalue weighted by Gasteiger charge is 2.37. The van der Waals surface area contributed by atoms with Gasteiger partial charge in [-0.1, -0.05) is 44.5 Å². The van der Waals surface area contributed by atoms with E-state index in [2.05, 4.69) is 31.4 Å². The van der Waals surface area contributed by atoms with Crippen LogP contribution in [0.5, 0.6) is 0 Å². The summed E-state index contributed by atoms with van der Waals surface area (Å²) in [5.74, 6) is 1.66. The molecule has 27 heavy (non-hydrogen) atoms. The Labute approximate surface area is 165 Å². The number of hydrogen-bond donors (Lipinski definition) is 2. The van der Waals surface area contributed by atoms with Crippen LogP contribution in [-0.2, 0) is 22.1 Å². The van der Waals surface area contributed by atoms with Crippen LogP contribution >= 0.6 is 0 Å². The maximum Gasteiger partial charge on any atom is 0.191 e. The van der Waals surface area contributed by atoms with Gasteiger partial charge in [-0.2, -0.15) is 0 Å². The van der Waals surface area contributed by atoms with E-state index in [1.54, 1.807) is 0 Å². The van der Waals surface area contributed by atoms with Crippen LogP contribution in [-0.4, -0.2) is 33.7 Å². The Morgan fingerprint density at radius 1 is 1.15 bits per heavy atom. The van der Waals surface area contributed by atoms with Crippen molar-refractivity contribution in [2.45, 2.75) is 58.8 Å². The van der Waals surface area contributed by atoms with Crippen LogP contribution in [0.3, 0.4) is 0 Å². The van der Waals surface area contributed by atoms with Crippen molar-refractivity contribution in [1.29, 1.82) is 0 Å². The summed E-state index contributed by atoms with van der Waals surface area (Å²) in [7, 11) is -3.00. The lowest BCUT2D eigenvalue weighted by atomic mass is 9.64. The fraction of sp³-hybridized carbons (Fsp3) is 0.667. The van der Waals surface area contributed by atoms with Crippen LogP contribution < -0.4 is 10.6 Å². The van der Waals surface area contributed by atoms with Gasteiger partial charge in [0.05, 0.1) is 12.3 Å². The maximum atomic E-state index is 11.4. The van der Waals surface area contributed by atoms with Gasteiger partial charge in [-0.05, 0) is 48.6 Å². The van der Waals surface area contributed by atoms with E-state index in [0.29, 0.717) is 12.0 Å². The number of nitrogens with zero attached hydrogens (tertiary/aromatic N) is 1. The van der Waals surface area contributed by atoms with Crippen LogP contribution in [0.2, 0.25) is 0 Å². The minimum atomic E-state index is -3.00. The smallest absolute Gasteiger partial charge is 0.191 e. The molecule has 1 aliphatic carbocycles. The third-order valence-corrected chi connectivity index (χ3v) is 5.96. The van der Waals surface area contributed by atoms with Gasteiger partial charge in [0.2, 0.25) is 0 Å². The Bertz CT molecular complexity index is 720. The molecule has 152 valence electrons. The first-order valence-corrected chi connectivity index (χ1v) is 12.1. The number of hydrogen-bond acceptors (Lipinski definition) is 3. The molecule has 1 aliphatic rings. The zero-order valence-corrected chi connectivity index (χ0v) is 18.0. The van der Waals surface area contributed by atoms with Crippen molar-refractivity contribution >= 4 is 15.8 Å². The molecule has 0 spiro atoms. The first-order chi connectivity index (χ1) is 12.7. The number of rotatable bonds is 9. The lowest BCUT2D eigenvalue weighted by molar-refractivity contribution is 0.104. The Hall–Kier alpha value is -1.56. The van der Waals surface area contributed by atoms with Gasteiger partial charge in [0.25, 0.3) is 0 Å². The highest BCUT2D eigenvalue weighted by atomic mass is 32.2. The molecule has 0 atom stereocenters. The van der Waals surface area contributed by atoms with Gasteiger partial charge in [0, 0.05) is 19.3 Å². The second-order valence-electron chi connectivity index (χ2n) is 8.39. The number of benzene rings is 1. The van der Waals surface area contributed by atoms with Gasteiger partial charge in [0.15, 0.2) is 15.8 Å². The molecule has 0 aliphatic heterocycles. The largest absolute Gasteiger partial charge is 0.357 e. The highest BCUT2D eigenvalue weighted by Crippen LogP contribution is 2.45. The average Bonchev–Trinajstić information content (AvgIpc) is 2.54. The van der Waals surface area contributed by atoms with Crippen molar-refractivity contribution < 1.29 is 8.42 Å². The van der Waals surface area contributed by atoms with Gasteiger partial charge in [0.1, 0.15) is 0 Å². The fourth-order valence-electron chi connectivity index (χ4n) is 3.82. The summed E-state index contributed by atoms with van der Waals surface area (Å²) < 4.78 is 22.8. The highest BCUT2D eigenvalue weighted by molar-refractivity contribution is 7.89. The molecular formula is C21H35N3O2S. The number of guanidine groups is 1. The minimum Gasteiger partial charge on any atom is -0.357 e. The summed E-state index contributed by atoms with van der Waals surface area (Å²) in [6, 6.07) is 7.66. The molecule has 0 radical (unpaired) electrons. The molecule has 2 N–H and O–H groups in total. The van der Waals surface area contributed by atoms with Gasteiger partial charge < -0.3 is 10.6 Å². The van der Waals surface area contributed by atoms with Crippen LogP contribution in [0.4, 0.5) is 0 Å². The number of nitrogens with one attached hydrogen (secondary N) is 2. The summed E-state index contributed by atoms with van der Waals surface area (Å²) in [5.41, 5.74) is 2.32. The molecule has 1 saturated carbocycles. The Balaban J connectivity index is 1.94.